The number of rotatable bonds is 9. The van der Waals surface area contributed by atoms with Gasteiger partial charge >= 0.3 is 18.0 Å². The van der Waals surface area contributed by atoms with Crippen LogP contribution in [0.1, 0.15) is 16.7 Å². The maximum atomic E-state index is 12.3. The molecule has 1 amide bonds. The van der Waals surface area contributed by atoms with Gasteiger partial charge < -0.3 is 25.4 Å². The first-order valence-corrected chi connectivity index (χ1v) is 9.34. The highest BCUT2D eigenvalue weighted by molar-refractivity contribution is 5.96. The largest absolute Gasteiger partial charge is 0.489 e. The second-order valence-corrected chi connectivity index (χ2v) is 6.93. The van der Waals surface area contributed by atoms with E-state index < -0.39 is 24.1 Å². The SMILES string of the molecule is N=C(N)c1ccc(N2CC(COc3c(CC(=O)O)cccc3CC(=O)O)OC2=O)cc1. The van der Waals surface area contributed by atoms with Crippen LogP contribution in [0.3, 0.4) is 0 Å². The first kappa shape index (κ1) is 21.6. The minimum Gasteiger partial charge on any atom is -0.489 e. The lowest BCUT2D eigenvalue weighted by Crippen LogP contribution is -2.27. The average Bonchev–Trinajstić information content (AvgIpc) is 3.07. The molecule has 2 aromatic rings. The van der Waals surface area contributed by atoms with Crippen molar-refractivity contribution in [2.24, 2.45) is 5.73 Å². The normalized spacial score (nSPS) is 15.4. The monoisotopic (exact) mass is 427 g/mol. The molecule has 10 heteroatoms. The average molecular weight is 427 g/mol. The van der Waals surface area contributed by atoms with Gasteiger partial charge in [0.15, 0.2) is 6.10 Å². The number of nitrogens with zero attached hydrogens (tertiary/aromatic N) is 1. The summed E-state index contributed by atoms with van der Waals surface area (Å²) < 4.78 is 11.1. The highest BCUT2D eigenvalue weighted by Gasteiger charge is 2.33. The highest BCUT2D eigenvalue weighted by Crippen LogP contribution is 2.27. The maximum absolute atomic E-state index is 12.3. The Morgan fingerprint density at radius 3 is 2.19 bits per heavy atom. The van der Waals surface area contributed by atoms with Crippen molar-refractivity contribution in [3.05, 3.63) is 59.2 Å². The Bertz CT molecular complexity index is 986. The molecule has 1 atom stereocenters. The number of ether oxygens (including phenoxy) is 2. The van der Waals surface area contributed by atoms with E-state index >= 15 is 0 Å². The summed E-state index contributed by atoms with van der Waals surface area (Å²) in [4.78, 5) is 36.0. The van der Waals surface area contributed by atoms with Crippen LogP contribution in [-0.4, -0.2) is 53.3 Å². The molecular formula is C21H21N3O7. The molecule has 0 radical (unpaired) electrons. The van der Waals surface area contributed by atoms with E-state index in [0.29, 0.717) is 22.4 Å². The number of nitrogens with two attached hydrogens (primary N) is 1. The zero-order chi connectivity index (χ0) is 22.5. The standard InChI is InChI=1S/C21H21N3O7/c22-20(23)12-4-6-15(7-5-12)24-10-16(31-21(24)29)11-30-19-13(8-17(25)26)2-1-3-14(19)9-18(27)28/h1-7,16H,8-11H2,(H3,22,23)(H,25,26)(H,27,28). The number of hydrogen-bond donors (Lipinski definition) is 4. The third kappa shape index (κ3) is 5.30. The molecule has 10 nitrogen and oxygen atoms in total. The number of nitrogens with one attached hydrogen (secondary N) is 1. The van der Waals surface area contributed by atoms with Crippen molar-refractivity contribution in [1.29, 1.82) is 5.41 Å². The Morgan fingerprint density at radius 2 is 1.68 bits per heavy atom. The Balaban J connectivity index is 1.72. The number of carbonyl (C=O) groups is 3. The third-order valence-corrected chi connectivity index (χ3v) is 4.64. The van der Waals surface area contributed by atoms with Crippen LogP contribution >= 0.6 is 0 Å². The fourth-order valence-corrected chi connectivity index (χ4v) is 3.24. The summed E-state index contributed by atoms with van der Waals surface area (Å²) in [5.41, 5.74) is 7.20. The van der Waals surface area contributed by atoms with Gasteiger partial charge in [-0.25, -0.2) is 4.79 Å². The van der Waals surface area contributed by atoms with E-state index in [4.69, 9.17) is 30.8 Å². The number of para-hydroxylation sites is 1. The number of benzene rings is 2. The Morgan fingerprint density at radius 1 is 1.10 bits per heavy atom. The number of cyclic esters (lactones) is 1. The number of amidine groups is 1. The molecule has 162 valence electrons. The van der Waals surface area contributed by atoms with Crippen LogP contribution < -0.4 is 15.4 Å². The lowest BCUT2D eigenvalue weighted by molar-refractivity contribution is -0.137. The van der Waals surface area contributed by atoms with Gasteiger partial charge in [-0.1, -0.05) is 18.2 Å². The zero-order valence-corrected chi connectivity index (χ0v) is 16.4. The number of nitrogen functional groups attached to an aromatic ring is 1. The number of carbonyl (C=O) groups excluding carboxylic acids is 1. The van der Waals surface area contributed by atoms with Crippen molar-refractivity contribution >= 4 is 29.6 Å². The van der Waals surface area contributed by atoms with Crippen LogP contribution in [0.5, 0.6) is 5.75 Å². The Kier molecular flexibility index (Phi) is 6.39. The minimum atomic E-state index is -1.08. The van der Waals surface area contributed by atoms with E-state index in [2.05, 4.69) is 0 Å². The molecule has 1 heterocycles. The topological polar surface area (TPSA) is 163 Å². The van der Waals surface area contributed by atoms with E-state index in [-0.39, 0.29) is 37.6 Å². The number of amides is 1. The van der Waals surface area contributed by atoms with Gasteiger partial charge in [0.2, 0.25) is 0 Å². The molecule has 1 unspecified atom stereocenters. The number of carboxylic acids is 2. The molecular weight excluding hydrogens is 406 g/mol. The predicted molar refractivity (Wildman–Crippen MR) is 110 cm³/mol. The fourth-order valence-electron chi connectivity index (χ4n) is 3.24. The summed E-state index contributed by atoms with van der Waals surface area (Å²) in [6.07, 6.45) is -1.88. The first-order chi connectivity index (χ1) is 14.7. The van der Waals surface area contributed by atoms with Crippen molar-refractivity contribution < 1.29 is 34.1 Å². The van der Waals surface area contributed by atoms with Gasteiger partial charge in [0.25, 0.3) is 0 Å². The van der Waals surface area contributed by atoms with Crippen LogP contribution in [-0.2, 0) is 27.2 Å². The maximum Gasteiger partial charge on any atom is 0.414 e. The van der Waals surface area contributed by atoms with E-state index in [9.17, 15) is 14.4 Å². The van der Waals surface area contributed by atoms with Crippen molar-refractivity contribution in [3.63, 3.8) is 0 Å². The molecule has 0 bridgehead atoms. The number of hydrogen-bond acceptors (Lipinski definition) is 6. The van der Waals surface area contributed by atoms with Crippen molar-refractivity contribution in [1.82, 2.24) is 0 Å². The first-order valence-electron chi connectivity index (χ1n) is 9.34. The van der Waals surface area contributed by atoms with Gasteiger partial charge in [0, 0.05) is 22.4 Å². The van der Waals surface area contributed by atoms with Crippen molar-refractivity contribution in [3.8, 4) is 5.75 Å². The molecule has 2 aromatic carbocycles. The lowest BCUT2D eigenvalue weighted by atomic mass is 10.0. The summed E-state index contributed by atoms with van der Waals surface area (Å²) in [5.74, 6) is -2.07. The fraction of sp³-hybridized carbons (Fsp3) is 0.238. The van der Waals surface area contributed by atoms with Gasteiger partial charge in [-0.2, -0.15) is 0 Å². The number of anilines is 1. The molecule has 0 spiro atoms. The smallest absolute Gasteiger partial charge is 0.414 e. The number of aliphatic carboxylic acids is 2. The van der Waals surface area contributed by atoms with Gasteiger partial charge in [-0.3, -0.25) is 19.9 Å². The summed E-state index contributed by atoms with van der Waals surface area (Å²) in [6, 6.07) is 11.2. The van der Waals surface area contributed by atoms with Gasteiger partial charge in [-0.15, -0.1) is 0 Å². The van der Waals surface area contributed by atoms with Crippen LogP contribution in [0.15, 0.2) is 42.5 Å². The molecule has 1 aliphatic heterocycles. The second kappa shape index (κ2) is 9.16. The van der Waals surface area contributed by atoms with E-state index in [1.165, 1.54) is 4.90 Å². The Labute approximate surface area is 177 Å². The highest BCUT2D eigenvalue weighted by atomic mass is 16.6. The third-order valence-electron chi connectivity index (χ3n) is 4.64. The second-order valence-electron chi connectivity index (χ2n) is 6.93. The zero-order valence-electron chi connectivity index (χ0n) is 16.4. The van der Waals surface area contributed by atoms with Crippen molar-refractivity contribution in [2.75, 3.05) is 18.1 Å². The van der Waals surface area contributed by atoms with Crippen molar-refractivity contribution in [2.45, 2.75) is 18.9 Å². The molecule has 5 N–H and O–H groups in total. The van der Waals surface area contributed by atoms with Gasteiger partial charge in [0.05, 0.1) is 19.4 Å². The minimum absolute atomic E-state index is 0.0724. The van der Waals surface area contributed by atoms with Gasteiger partial charge in [-0.05, 0) is 24.3 Å². The van der Waals surface area contributed by atoms with E-state index in [0.717, 1.165) is 0 Å². The predicted octanol–water partition coefficient (Wildman–Crippen LogP) is 1.63. The van der Waals surface area contributed by atoms with E-state index in [1.807, 2.05) is 0 Å². The quantitative estimate of drug-likeness (QED) is 0.346. The summed E-state index contributed by atoms with van der Waals surface area (Å²) >= 11 is 0. The molecule has 0 aromatic heterocycles. The molecule has 31 heavy (non-hydrogen) atoms. The van der Waals surface area contributed by atoms with Gasteiger partial charge in [0.1, 0.15) is 18.2 Å². The summed E-state index contributed by atoms with van der Waals surface area (Å²) in [6.45, 7) is 0.116. The lowest BCUT2D eigenvalue weighted by Gasteiger charge is -2.17. The van der Waals surface area contributed by atoms with Crippen LogP contribution in [0.4, 0.5) is 10.5 Å². The molecule has 1 fully saturated rings. The van der Waals surface area contributed by atoms with E-state index in [1.54, 1.807) is 42.5 Å². The van der Waals surface area contributed by atoms with Crippen LogP contribution in [0.2, 0.25) is 0 Å². The molecule has 3 rings (SSSR count). The molecule has 1 saturated heterocycles. The van der Waals surface area contributed by atoms with Crippen LogP contribution in [0.25, 0.3) is 0 Å². The number of carboxylic acid groups (broad SMARTS) is 2. The molecule has 0 saturated carbocycles. The molecule has 1 aliphatic rings. The Hall–Kier alpha value is -4.08. The molecule has 0 aliphatic carbocycles. The van der Waals surface area contributed by atoms with Crippen LogP contribution in [0, 0.1) is 5.41 Å². The summed E-state index contributed by atoms with van der Waals surface area (Å²) in [5, 5.41) is 25.7. The summed E-state index contributed by atoms with van der Waals surface area (Å²) in [7, 11) is 0.